The number of quaternary nitrogens is 1. The van der Waals surface area contributed by atoms with Crippen LogP contribution in [0, 0.1) is 10.1 Å². The van der Waals surface area contributed by atoms with E-state index in [1.54, 1.807) is 18.2 Å². The van der Waals surface area contributed by atoms with Crippen molar-refractivity contribution >= 4 is 27.3 Å². The number of likely N-dealkylation sites (N-methyl/N-ethyl adjacent to an activating group) is 1. The quantitative estimate of drug-likeness (QED) is 0.594. The third-order valence-electron chi connectivity index (χ3n) is 4.36. The van der Waals surface area contributed by atoms with Gasteiger partial charge in [-0.2, -0.15) is 4.31 Å². The van der Waals surface area contributed by atoms with Crippen molar-refractivity contribution in [2.45, 2.75) is 4.90 Å². The van der Waals surface area contributed by atoms with Crippen LogP contribution in [0.2, 0.25) is 5.02 Å². The number of rotatable bonds is 5. The summed E-state index contributed by atoms with van der Waals surface area (Å²) in [7, 11) is -1.80. The molecular weight excluding hydrogens is 394 g/mol. The maximum atomic E-state index is 12.8. The molecule has 1 aliphatic heterocycles. The molecule has 1 saturated heterocycles. The molecule has 1 aliphatic rings. The van der Waals surface area contributed by atoms with E-state index in [1.807, 2.05) is 7.05 Å². The van der Waals surface area contributed by atoms with Gasteiger partial charge in [-0.15, -0.1) is 0 Å². The van der Waals surface area contributed by atoms with Gasteiger partial charge in [0.1, 0.15) is 5.75 Å². The Morgan fingerprint density at radius 2 is 1.89 bits per heavy atom. The molecule has 0 atom stereocenters. The van der Waals surface area contributed by atoms with Crippen LogP contribution < -0.4 is 9.64 Å². The summed E-state index contributed by atoms with van der Waals surface area (Å²) in [5.74, 6) is 0.271. The first kappa shape index (κ1) is 19.6. The van der Waals surface area contributed by atoms with Gasteiger partial charge in [0, 0.05) is 11.1 Å². The topological polar surface area (TPSA) is 94.2 Å². The molecule has 144 valence electrons. The Balaban J connectivity index is 1.92. The lowest BCUT2D eigenvalue weighted by Gasteiger charge is -2.29. The number of halogens is 1. The van der Waals surface area contributed by atoms with Crippen molar-refractivity contribution in [2.24, 2.45) is 0 Å². The molecular formula is C17H19ClN3O5S+. The normalized spacial score (nSPS) is 16.2. The molecule has 3 rings (SSSR count). The fraction of sp³-hybridized carbons (Fsp3) is 0.294. The van der Waals surface area contributed by atoms with Gasteiger partial charge in [0.05, 0.1) is 43.0 Å². The molecule has 0 aromatic heterocycles. The van der Waals surface area contributed by atoms with E-state index >= 15 is 0 Å². The third-order valence-corrected chi connectivity index (χ3v) is 6.49. The Morgan fingerprint density at radius 3 is 2.52 bits per heavy atom. The summed E-state index contributed by atoms with van der Waals surface area (Å²) in [4.78, 5) is 11.9. The van der Waals surface area contributed by atoms with Crippen molar-refractivity contribution in [3.05, 3.63) is 57.6 Å². The Bertz CT molecular complexity index is 959. The van der Waals surface area contributed by atoms with E-state index in [-0.39, 0.29) is 10.6 Å². The van der Waals surface area contributed by atoms with E-state index < -0.39 is 20.6 Å². The summed E-state index contributed by atoms with van der Waals surface area (Å²) in [5.41, 5.74) is -0.421. The number of ether oxygens (including phenoxy) is 1. The minimum Gasteiger partial charge on any atom is -0.450 e. The Labute approximate surface area is 162 Å². The van der Waals surface area contributed by atoms with Crippen molar-refractivity contribution in [1.82, 2.24) is 4.31 Å². The number of sulfonamides is 1. The van der Waals surface area contributed by atoms with E-state index in [0.717, 1.165) is 6.07 Å². The molecule has 0 aliphatic carbocycles. The van der Waals surface area contributed by atoms with Gasteiger partial charge in [-0.3, -0.25) is 10.1 Å². The third kappa shape index (κ3) is 4.38. The summed E-state index contributed by atoms with van der Waals surface area (Å²) >= 11 is 5.89. The predicted octanol–water partition coefficient (Wildman–Crippen LogP) is 1.56. The Morgan fingerprint density at radius 1 is 1.19 bits per heavy atom. The molecule has 0 radical (unpaired) electrons. The second kappa shape index (κ2) is 7.81. The molecule has 10 heteroatoms. The van der Waals surface area contributed by atoms with Crippen LogP contribution in [0.3, 0.4) is 0 Å². The minimum atomic E-state index is -3.80. The summed E-state index contributed by atoms with van der Waals surface area (Å²) in [6.07, 6.45) is 0. The van der Waals surface area contributed by atoms with Crippen LogP contribution in [0.15, 0.2) is 47.4 Å². The van der Waals surface area contributed by atoms with Crippen LogP contribution in [0.25, 0.3) is 0 Å². The molecule has 1 heterocycles. The second-order valence-corrected chi connectivity index (χ2v) is 8.68. The van der Waals surface area contributed by atoms with Gasteiger partial charge in [-0.25, -0.2) is 8.42 Å². The van der Waals surface area contributed by atoms with Crippen molar-refractivity contribution in [3.8, 4) is 11.5 Å². The fourth-order valence-corrected chi connectivity index (χ4v) is 4.44. The van der Waals surface area contributed by atoms with Gasteiger partial charge in [0.2, 0.25) is 15.8 Å². The SMILES string of the molecule is C[NH+]1CCN(S(=O)(=O)c2ccc(Oc3cccc(Cl)c3)c([N+](=O)[O-])c2)CC1. The Kier molecular flexibility index (Phi) is 5.66. The maximum absolute atomic E-state index is 12.8. The van der Waals surface area contributed by atoms with Crippen LogP contribution in [-0.4, -0.2) is 50.9 Å². The summed E-state index contributed by atoms with van der Waals surface area (Å²) in [5, 5.41) is 11.9. The standard InChI is InChI=1S/C17H18ClN3O5S/c1-19-7-9-20(10-8-19)27(24,25)15-5-6-17(16(12-15)21(22)23)26-14-4-2-3-13(18)11-14/h2-6,11-12H,7-10H2,1H3/p+1. The summed E-state index contributed by atoms with van der Waals surface area (Å²) in [6, 6.07) is 10.1. The van der Waals surface area contributed by atoms with E-state index in [4.69, 9.17) is 16.3 Å². The van der Waals surface area contributed by atoms with Crippen LogP contribution in [0.4, 0.5) is 5.69 Å². The van der Waals surface area contributed by atoms with Gasteiger partial charge in [0.25, 0.3) is 0 Å². The molecule has 1 fully saturated rings. The average molecular weight is 413 g/mol. The molecule has 2 aromatic rings. The van der Waals surface area contributed by atoms with Gasteiger partial charge in [-0.05, 0) is 30.3 Å². The van der Waals surface area contributed by atoms with E-state index in [1.165, 1.54) is 27.4 Å². The monoisotopic (exact) mass is 412 g/mol. The fourth-order valence-electron chi connectivity index (χ4n) is 2.80. The van der Waals surface area contributed by atoms with E-state index in [0.29, 0.717) is 37.0 Å². The van der Waals surface area contributed by atoms with Gasteiger partial charge in [-0.1, -0.05) is 17.7 Å². The molecule has 0 saturated carbocycles. The van der Waals surface area contributed by atoms with Crippen molar-refractivity contribution < 1.29 is 23.0 Å². The number of piperazine rings is 1. The van der Waals surface area contributed by atoms with Gasteiger partial charge < -0.3 is 9.64 Å². The zero-order valence-corrected chi connectivity index (χ0v) is 16.2. The molecule has 0 bridgehead atoms. The predicted molar refractivity (Wildman–Crippen MR) is 100 cm³/mol. The largest absolute Gasteiger partial charge is 0.450 e. The number of nitrogens with zero attached hydrogens (tertiary/aromatic N) is 2. The first-order valence-electron chi connectivity index (χ1n) is 8.30. The highest BCUT2D eigenvalue weighted by Crippen LogP contribution is 2.34. The zero-order chi connectivity index (χ0) is 19.6. The van der Waals surface area contributed by atoms with Crippen molar-refractivity contribution in [3.63, 3.8) is 0 Å². The molecule has 0 spiro atoms. The maximum Gasteiger partial charge on any atom is 0.312 e. The number of nitro benzene ring substituents is 1. The average Bonchev–Trinajstić information content (AvgIpc) is 2.62. The highest BCUT2D eigenvalue weighted by molar-refractivity contribution is 7.89. The van der Waals surface area contributed by atoms with Crippen molar-refractivity contribution in [1.29, 1.82) is 0 Å². The molecule has 8 nitrogen and oxygen atoms in total. The molecule has 27 heavy (non-hydrogen) atoms. The summed E-state index contributed by atoms with van der Waals surface area (Å²) in [6.45, 7) is 2.14. The minimum absolute atomic E-state index is 0.0518. The molecule has 0 amide bonds. The number of nitrogens with one attached hydrogen (secondary N) is 1. The van der Waals surface area contributed by atoms with Crippen LogP contribution in [0.5, 0.6) is 11.5 Å². The highest BCUT2D eigenvalue weighted by Gasteiger charge is 2.31. The van der Waals surface area contributed by atoms with Gasteiger partial charge in [0.15, 0.2) is 0 Å². The number of hydrogen-bond donors (Lipinski definition) is 1. The first-order chi connectivity index (χ1) is 12.8. The van der Waals surface area contributed by atoms with E-state index in [9.17, 15) is 18.5 Å². The molecule has 0 unspecified atom stereocenters. The summed E-state index contributed by atoms with van der Waals surface area (Å²) < 4.78 is 32.5. The molecule has 1 N–H and O–H groups in total. The van der Waals surface area contributed by atoms with Crippen LogP contribution in [0.1, 0.15) is 0 Å². The number of benzene rings is 2. The van der Waals surface area contributed by atoms with Crippen LogP contribution >= 0.6 is 11.6 Å². The highest BCUT2D eigenvalue weighted by atomic mass is 35.5. The van der Waals surface area contributed by atoms with E-state index in [2.05, 4.69) is 0 Å². The molecule has 2 aromatic carbocycles. The van der Waals surface area contributed by atoms with Crippen LogP contribution in [-0.2, 0) is 10.0 Å². The lowest BCUT2D eigenvalue weighted by molar-refractivity contribution is -0.883. The Hall–Kier alpha value is -2.20. The lowest BCUT2D eigenvalue weighted by Crippen LogP contribution is -3.12. The zero-order valence-electron chi connectivity index (χ0n) is 14.6. The first-order valence-corrected chi connectivity index (χ1v) is 10.1. The number of nitro groups is 1. The second-order valence-electron chi connectivity index (χ2n) is 6.31. The smallest absolute Gasteiger partial charge is 0.312 e. The number of hydrogen-bond acceptors (Lipinski definition) is 5. The lowest BCUT2D eigenvalue weighted by atomic mass is 10.3. The van der Waals surface area contributed by atoms with Gasteiger partial charge >= 0.3 is 5.69 Å². The van der Waals surface area contributed by atoms with Crippen molar-refractivity contribution in [2.75, 3.05) is 33.2 Å².